The van der Waals surface area contributed by atoms with E-state index in [9.17, 15) is 0 Å². The standard InChI is InChI=1S/C76H86N2/c1-75(2)69-47-63(77(59-35-19-31-55(43-59)51-23-9-5-10-24-51)60-36-20-32-56(44-60)52-25-11-6-12-26-52)41-42-64(69)67-48-71-68(49-70(67)75)74-66-40-18-17-39-65(66)73(50-72(74)76(71,3)4)78(61-37-21-33-57(45-61)53-27-13-7-14-28-53)62-38-22-34-58(46-62)54-29-15-8-16-30-54/h17-22,31-43,45-54,56,64,69H,5-16,23-30,44H2,1-4H3. The molecule has 2 nitrogen and oxygen atoms in total. The van der Waals surface area contributed by atoms with Crippen LogP contribution in [0.2, 0.25) is 0 Å². The topological polar surface area (TPSA) is 6.48 Å². The fourth-order valence-electron chi connectivity index (χ4n) is 17.3. The molecule has 0 saturated heterocycles. The van der Waals surface area contributed by atoms with E-state index in [0.29, 0.717) is 35.5 Å². The summed E-state index contributed by atoms with van der Waals surface area (Å²) in [4.78, 5) is 5.37. The zero-order chi connectivity index (χ0) is 52.5. The van der Waals surface area contributed by atoms with E-state index in [1.54, 1.807) is 0 Å². The molecule has 3 atom stereocenters. The molecule has 0 aliphatic heterocycles. The predicted octanol–water partition coefficient (Wildman–Crippen LogP) is 21.8. The lowest BCUT2D eigenvalue weighted by Gasteiger charge is -2.38. The van der Waals surface area contributed by atoms with E-state index in [0.717, 1.165) is 12.3 Å². The Labute approximate surface area is 468 Å². The Hall–Kier alpha value is -5.86. The van der Waals surface area contributed by atoms with Crippen LogP contribution in [-0.2, 0) is 10.8 Å². The van der Waals surface area contributed by atoms with Crippen molar-refractivity contribution in [2.75, 3.05) is 9.80 Å². The van der Waals surface area contributed by atoms with Gasteiger partial charge in [-0.15, -0.1) is 0 Å². The van der Waals surface area contributed by atoms with Gasteiger partial charge in [0.1, 0.15) is 0 Å². The van der Waals surface area contributed by atoms with Crippen LogP contribution in [0.5, 0.6) is 0 Å². The molecule has 0 spiro atoms. The highest BCUT2D eigenvalue weighted by molar-refractivity contribution is 6.10. The van der Waals surface area contributed by atoms with Gasteiger partial charge in [-0.25, -0.2) is 0 Å². The molecular weight excluding hydrogens is 941 g/mol. The molecule has 78 heavy (non-hydrogen) atoms. The highest BCUT2D eigenvalue weighted by Crippen LogP contribution is 2.61. The van der Waals surface area contributed by atoms with Crippen LogP contribution in [0.25, 0.3) is 21.9 Å². The van der Waals surface area contributed by atoms with Gasteiger partial charge in [0.05, 0.1) is 5.69 Å². The van der Waals surface area contributed by atoms with Gasteiger partial charge in [0.2, 0.25) is 0 Å². The van der Waals surface area contributed by atoms with Gasteiger partial charge in [-0.05, 0) is 215 Å². The van der Waals surface area contributed by atoms with Crippen LogP contribution in [0.3, 0.4) is 0 Å². The maximum Gasteiger partial charge on any atom is 0.0543 e. The summed E-state index contributed by atoms with van der Waals surface area (Å²) in [5.74, 6) is 4.02. The molecule has 0 radical (unpaired) electrons. The second kappa shape index (κ2) is 20.7. The number of anilines is 4. The van der Waals surface area contributed by atoms with Gasteiger partial charge in [0.15, 0.2) is 0 Å². The molecule has 4 saturated carbocycles. The third-order valence-corrected chi connectivity index (χ3v) is 21.7. The van der Waals surface area contributed by atoms with Gasteiger partial charge in [-0.2, -0.15) is 0 Å². The third-order valence-electron chi connectivity index (χ3n) is 21.7. The van der Waals surface area contributed by atoms with Crippen LogP contribution < -0.4 is 9.80 Å². The molecule has 0 N–H and O–H groups in total. The molecule has 0 aromatic heterocycles. The summed E-state index contributed by atoms with van der Waals surface area (Å²) in [5, 5.41) is 2.71. The van der Waals surface area contributed by atoms with Crippen molar-refractivity contribution in [1.29, 1.82) is 0 Å². The first-order valence-electron chi connectivity index (χ1n) is 31.6. The Kier molecular flexibility index (Phi) is 13.3. The monoisotopic (exact) mass is 1030 g/mol. The van der Waals surface area contributed by atoms with Crippen molar-refractivity contribution in [3.8, 4) is 11.1 Å². The summed E-state index contributed by atoms with van der Waals surface area (Å²) in [7, 11) is 0. The molecule has 6 aromatic carbocycles. The second-order valence-electron chi connectivity index (χ2n) is 27.0. The highest BCUT2D eigenvalue weighted by Gasteiger charge is 2.49. The number of benzene rings is 6. The number of rotatable bonds is 10. The van der Waals surface area contributed by atoms with Crippen LogP contribution in [-0.4, -0.2) is 0 Å². The molecule has 2 heteroatoms. The fourth-order valence-corrected chi connectivity index (χ4v) is 17.3. The Balaban J connectivity index is 0.863. The number of allylic oxidation sites excluding steroid dienone is 7. The van der Waals surface area contributed by atoms with E-state index in [1.807, 2.05) is 0 Å². The van der Waals surface area contributed by atoms with Gasteiger partial charge in [0, 0.05) is 45.2 Å². The first-order valence-corrected chi connectivity index (χ1v) is 31.6. The second-order valence-corrected chi connectivity index (χ2v) is 27.0. The largest absolute Gasteiger partial charge is 0.315 e. The molecular formula is C76H86N2. The van der Waals surface area contributed by atoms with Crippen molar-refractivity contribution in [3.63, 3.8) is 0 Å². The molecule has 0 amide bonds. The zero-order valence-electron chi connectivity index (χ0n) is 47.7. The summed E-state index contributed by atoms with van der Waals surface area (Å²) < 4.78 is 0. The average Bonchev–Trinajstić information content (AvgIpc) is 4.02. The van der Waals surface area contributed by atoms with Crippen LogP contribution in [0.1, 0.15) is 225 Å². The molecule has 400 valence electrons. The average molecular weight is 1030 g/mol. The SMILES string of the molecule is CC1(C)c2cc3c(cc2-c2c1cc(N(c1cccc(C4CCCCC4)c1)c1cccc(C4CCCCC4)c1)c1ccccc21)C(C)(C)C1C=C(N(C2=CC=CC(C4CCCCC4)C2)c2cccc(C4CCCCC4)c2)C=CC31. The lowest BCUT2D eigenvalue weighted by Crippen LogP contribution is -2.31. The fraction of sp³-hybridized carbons (Fsp3) is 0.447. The maximum absolute atomic E-state index is 2.72. The van der Waals surface area contributed by atoms with Crippen molar-refractivity contribution in [2.45, 2.75) is 197 Å². The summed E-state index contributed by atoms with van der Waals surface area (Å²) >= 11 is 0. The lowest BCUT2D eigenvalue weighted by molar-refractivity contribution is 0.282. The van der Waals surface area contributed by atoms with Crippen molar-refractivity contribution < 1.29 is 0 Å². The van der Waals surface area contributed by atoms with Gasteiger partial charge < -0.3 is 9.80 Å². The number of fused-ring (bicyclic) bond motifs is 8. The number of nitrogens with zero attached hydrogens (tertiary/aromatic N) is 2. The Bertz CT molecular complexity index is 3290. The first-order chi connectivity index (χ1) is 38.2. The predicted molar refractivity (Wildman–Crippen MR) is 331 cm³/mol. The van der Waals surface area contributed by atoms with Crippen molar-refractivity contribution in [1.82, 2.24) is 0 Å². The third kappa shape index (κ3) is 8.90. The van der Waals surface area contributed by atoms with Crippen molar-refractivity contribution in [3.05, 3.63) is 202 Å². The van der Waals surface area contributed by atoms with Gasteiger partial charge >= 0.3 is 0 Å². The van der Waals surface area contributed by atoms with Crippen molar-refractivity contribution >= 4 is 33.5 Å². The van der Waals surface area contributed by atoms with Gasteiger partial charge in [0.25, 0.3) is 0 Å². The van der Waals surface area contributed by atoms with Gasteiger partial charge in [-0.1, -0.05) is 196 Å². The summed E-state index contributed by atoms with van der Waals surface area (Å²) in [6.45, 7) is 10.2. The van der Waals surface area contributed by atoms with E-state index in [4.69, 9.17) is 0 Å². The summed E-state index contributed by atoms with van der Waals surface area (Å²) in [6.07, 6.45) is 43.4. The minimum atomic E-state index is -0.199. The molecule has 4 fully saturated rings. The van der Waals surface area contributed by atoms with Crippen LogP contribution >= 0.6 is 0 Å². The number of hydrogen-bond acceptors (Lipinski definition) is 2. The van der Waals surface area contributed by atoms with E-state index in [2.05, 4.69) is 189 Å². The van der Waals surface area contributed by atoms with E-state index >= 15 is 0 Å². The Morgan fingerprint density at radius 1 is 0.474 bits per heavy atom. The highest BCUT2D eigenvalue weighted by atomic mass is 15.2. The normalized spacial score (nSPS) is 24.0. The Morgan fingerprint density at radius 3 is 1.59 bits per heavy atom. The molecule has 0 heterocycles. The molecule has 6 aromatic rings. The van der Waals surface area contributed by atoms with Crippen LogP contribution in [0.15, 0.2) is 163 Å². The molecule has 8 aliphatic carbocycles. The smallest absolute Gasteiger partial charge is 0.0543 e. The lowest BCUT2D eigenvalue weighted by atomic mass is 9.73. The van der Waals surface area contributed by atoms with E-state index in [-0.39, 0.29) is 10.8 Å². The number of hydrogen-bond donors (Lipinski definition) is 0. The minimum Gasteiger partial charge on any atom is -0.315 e. The van der Waals surface area contributed by atoms with Crippen LogP contribution in [0.4, 0.5) is 22.7 Å². The molecule has 14 rings (SSSR count). The van der Waals surface area contributed by atoms with E-state index in [1.165, 1.54) is 223 Å². The molecule has 8 aliphatic rings. The zero-order valence-corrected chi connectivity index (χ0v) is 47.7. The Morgan fingerprint density at radius 2 is 1.01 bits per heavy atom. The minimum absolute atomic E-state index is 0.0712. The molecule has 0 bridgehead atoms. The summed E-state index contributed by atoms with van der Waals surface area (Å²) in [6, 6.07) is 46.7. The maximum atomic E-state index is 2.72. The summed E-state index contributed by atoms with van der Waals surface area (Å²) in [5.41, 5.74) is 21.2. The first kappa shape index (κ1) is 50.4. The van der Waals surface area contributed by atoms with E-state index < -0.39 is 0 Å². The quantitative estimate of drug-likeness (QED) is 0.135. The molecule has 3 unspecified atom stereocenters. The van der Waals surface area contributed by atoms with Crippen LogP contribution in [0, 0.1) is 17.8 Å². The van der Waals surface area contributed by atoms with Gasteiger partial charge in [-0.3, -0.25) is 0 Å². The van der Waals surface area contributed by atoms with Crippen molar-refractivity contribution in [2.24, 2.45) is 17.8 Å².